The normalized spacial score (nSPS) is 16.5. The van der Waals surface area contributed by atoms with E-state index in [1.54, 1.807) is 19.6 Å². The third kappa shape index (κ3) is 15.1. The van der Waals surface area contributed by atoms with Crippen molar-refractivity contribution < 1.29 is 39.3 Å². The van der Waals surface area contributed by atoms with Crippen LogP contribution in [0, 0.1) is 5.92 Å². The van der Waals surface area contributed by atoms with Crippen LogP contribution in [0.1, 0.15) is 33.1 Å². The smallest absolute Gasteiger partial charge is 0.317 e. The Labute approximate surface area is 268 Å². The number of carboxylic acid groups (broad SMARTS) is 3. The van der Waals surface area contributed by atoms with E-state index in [1.807, 2.05) is 0 Å². The molecule has 1 aromatic carbocycles. The Balaban J connectivity index is 1.88. The van der Waals surface area contributed by atoms with E-state index in [9.17, 15) is 44.1 Å². The van der Waals surface area contributed by atoms with Crippen molar-refractivity contribution in [3.63, 3.8) is 0 Å². The lowest BCUT2D eigenvalue weighted by Crippen LogP contribution is -2.49. The van der Waals surface area contributed by atoms with Crippen LogP contribution in [-0.4, -0.2) is 157 Å². The first-order valence-electron chi connectivity index (χ1n) is 15.6. The summed E-state index contributed by atoms with van der Waals surface area (Å²) in [6.45, 7) is 6.38. The second-order valence-electron chi connectivity index (χ2n) is 11.8. The molecule has 1 amide bonds. The molecule has 1 aliphatic rings. The number of hydroxylamine groups is 1. The van der Waals surface area contributed by atoms with Gasteiger partial charge in [0.15, 0.2) is 0 Å². The van der Waals surface area contributed by atoms with Crippen LogP contribution in [0.2, 0.25) is 0 Å². The third-order valence-corrected chi connectivity index (χ3v) is 7.49. The van der Waals surface area contributed by atoms with Crippen molar-refractivity contribution in [1.82, 2.24) is 25.1 Å². The van der Waals surface area contributed by atoms with Crippen molar-refractivity contribution in [3.8, 4) is 0 Å². The minimum absolute atomic E-state index is 0.00397. The fourth-order valence-electron chi connectivity index (χ4n) is 5.00. The van der Waals surface area contributed by atoms with E-state index >= 15 is 0 Å². The first-order chi connectivity index (χ1) is 21.8. The molecule has 0 atom stereocenters. The number of unbranched alkanes of at least 4 members (excludes halogenated alkanes) is 1. The van der Waals surface area contributed by atoms with Gasteiger partial charge >= 0.3 is 17.9 Å². The van der Waals surface area contributed by atoms with E-state index in [0.717, 1.165) is 19.3 Å². The molecule has 260 valence electrons. The Bertz CT molecular complexity index is 1170. The maximum absolute atomic E-state index is 12.7. The van der Waals surface area contributed by atoms with Gasteiger partial charge in [-0.05, 0) is 12.3 Å². The van der Waals surface area contributed by atoms with Gasteiger partial charge < -0.3 is 26.0 Å². The standard InChI is InChI=1S/C29H49N7O10/c1-21(2)5-3-4-6-30-26-27(29(45)28(26)44)31-7-16-46-32-22(37)17-33-8-10-34(18-23(38)39)12-14-36(20-25(42)43)15-13-35(11-9-33)19-24(40)41/h21,30-31H,3-20H2,1-2H3,(H,32,37)(H,38,39)(H,40,41)(H,42,43). The summed E-state index contributed by atoms with van der Waals surface area (Å²) >= 11 is 0. The number of carbonyl (C=O) groups excluding carboxylic acids is 1. The Morgan fingerprint density at radius 1 is 0.652 bits per heavy atom. The van der Waals surface area contributed by atoms with Crippen molar-refractivity contribution in [3.05, 3.63) is 20.4 Å². The summed E-state index contributed by atoms with van der Waals surface area (Å²) in [7, 11) is 0. The van der Waals surface area contributed by atoms with Crippen molar-refractivity contribution in [2.45, 2.75) is 33.1 Å². The van der Waals surface area contributed by atoms with Crippen molar-refractivity contribution >= 4 is 35.2 Å². The lowest BCUT2D eigenvalue weighted by Gasteiger charge is -2.32. The molecule has 0 aromatic heterocycles. The number of rotatable bonds is 19. The zero-order valence-corrected chi connectivity index (χ0v) is 26.8. The van der Waals surface area contributed by atoms with E-state index in [1.165, 1.54) is 0 Å². The highest BCUT2D eigenvalue weighted by Crippen LogP contribution is 2.14. The maximum Gasteiger partial charge on any atom is 0.317 e. The van der Waals surface area contributed by atoms with Crippen LogP contribution in [0.25, 0.3) is 0 Å². The second kappa shape index (κ2) is 20.5. The van der Waals surface area contributed by atoms with Gasteiger partial charge in [-0.25, -0.2) is 5.48 Å². The highest BCUT2D eigenvalue weighted by atomic mass is 16.7. The molecular formula is C29H49N7O10. The molecule has 0 aliphatic carbocycles. The molecule has 0 bridgehead atoms. The number of carbonyl (C=O) groups is 4. The summed E-state index contributed by atoms with van der Waals surface area (Å²) in [6, 6.07) is 0. The average Bonchev–Trinajstić information content (AvgIpc) is 2.97. The Morgan fingerprint density at radius 3 is 1.43 bits per heavy atom. The van der Waals surface area contributed by atoms with Gasteiger partial charge in [-0.15, -0.1) is 0 Å². The monoisotopic (exact) mass is 655 g/mol. The number of carboxylic acids is 3. The number of anilines is 2. The van der Waals surface area contributed by atoms with Gasteiger partial charge in [-0.3, -0.25) is 53.2 Å². The lowest BCUT2D eigenvalue weighted by molar-refractivity contribution is -0.141. The van der Waals surface area contributed by atoms with Gasteiger partial charge in [0.05, 0.1) is 32.8 Å². The molecule has 1 aromatic rings. The number of amides is 1. The molecule has 17 heteroatoms. The summed E-state index contributed by atoms with van der Waals surface area (Å²) in [4.78, 5) is 82.8. The van der Waals surface area contributed by atoms with Crippen LogP contribution in [0.15, 0.2) is 9.59 Å². The first kappa shape index (κ1) is 38.5. The highest BCUT2D eigenvalue weighted by Gasteiger charge is 2.22. The molecule has 46 heavy (non-hydrogen) atoms. The van der Waals surface area contributed by atoms with Gasteiger partial charge in [0.1, 0.15) is 11.4 Å². The van der Waals surface area contributed by atoms with E-state index in [2.05, 4.69) is 30.0 Å². The average molecular weight is 656 g/mol. The highest BCUT2D eigenvalue weighted by molar-refractivity contribution is 5.77. The lowest BCUT2D eigenvalue weighted by atomic mass is 10.1. The van der Waals surface area contributed by atoms with Crippen LogP contribution in [-0.2, 0) is 24.0 Å². The quantitative estimate of drug-likeness (QED) is 0.0564. The molecule has 0 spiro atoms. The molecule has 1 heterocycles. The molecule has 1 fully saturated rings. The van der Waals surface area contributed by atoms with E-state index in [4.69, 9.17) is 4.84 Å². The molecule has 2 rings (SSSR count). The number of hydrogen-bond acceptors (Lipinski definition) is 13. The predicted molar refractivity (Wildman–Crippen MR) is 170 cm³/mol. The Hall–Kier alpha value is -3.64. The predicted octanol–water partition coefficient (Wildman–Crippen LogP) is -1.54. The van der Waals surface area contributed by atoms with Crippen molar-refractivity contribution in [2.24, 2.45) is 5.92 Å². The molecule has 6 N–H and O–H groups in total. The van der Waals surface area contributed by atoms with Crippen LogP contribution in [0.4, 0.5) is 11.4 Å². The number of nitrogens with zero attached hydrogens (tertiary/aromatic N) is 4. The van der Waals surface area contributed by atoms with Crippen LogP contribution in [0.3, 0.4) is 0 Å². The molecule has 17 nitrogen and oxygen atoms in total. The molecular weight excluding hydrogens is 606 g/mol. The van der Waals surface area contributed by atoms with Crippen molar-refractivity contribution in [2.75, 3.05) is 109 Å². The fourth-order valence-corrected chi connectivity index (χ4v) is 5.00. The van der Waals surface area contributed by atoms with Crippen LogP contribution >= 0.6 is 0 Å². The minimum atomic E-state index is -1.04. The Morgan fingerprint density at radius 2 is 1.04 bits per heavy atom. The summed E-state index contributed by atoms with van der Waals surface area (Å²) in [5.74, 6) is -2.99. The van der Waals surface area contributed by atoms with Crippen molar-refractivity contribution in [1.29, 1.82) is 0 Å². The summed E-state index contributed by atoms with van der Waals surface area (Å²) < 4.78 is 0. The molecule has 0 saturated carbocycles. The fraction of sp³-hybridized carbons (Fsp3) is 0.724. The summed E-state index contributed by atoms with van der Waals surface area (Å²) in [6.07, 6.45) is 2.98. The minimum Gasteiger partial charge on any atom is -0.480 e. The maximum atomic E-state index is 12.7. The zero-order chi connectivity index (χ0) is 34.1. The molecule has 1 aliphatic heterocycles. The summed E-state index contributed by atoms with van der Waals surface area (Å²) in [5, 5.41) is 33.9. The van der Waals surface area contributed by atoms with Gasteiger partial charge in [0.25, 0.3) is 16.8 Å². The zero-order valence-electron chi connectivity index (χ0n) is 26.8. The van der Waals surface area contributed by atoms with Crippen LogP contribution < -0.4 is 27.0 Å². The van der Waals surface area contributed by atoms with E-state index < -0.39 is 34.7 Å². The van der Waals surface area contributed by atoms with Gasteiger partial charge in [0.2, 0.25) is 0 Å². The van der Waals surface area contributed by atoms with Gasteiger partial charge in [0, 0.05) is 65.4 Å². The number of aliphatic carboxylic acids is 3. The Kier molecular flexibility index (Phi) is 17.2. The number of nitrogens with one attached hydrogen (secondary N) is 3. The first-order valence-corrected chi connectivity index (χ1v) is 15.6. The molecule has 0 unspecified atom stereocenters. The third-order valence-electron chi connectivity index (χ3n) is 7.49. The van der Waals surface area contributed by atoms with E-state index in [-0.39, 0.29) is 90.0 Å². The topological polar surface area (TPSA) is 221 Å². The largest absolute Gasteiger partial charge is 0.480 e. The molecule has 1 saturated heterocycles. The van der Waals surface area contributed by atoms with Gasteiger partial charge in [-0.1, -0.05) is 26.7 Å². The van der Waals surface area contributed by atoms with E-state index in [0.29, 0.717) is 25.6 Å². The van der Waals surface area contributed by atoms with Crippen LogP contribution in [0.5, 0.6) is 0 Å². The van der Waals surface area contributed by atoms with Gasteiger partial charge in [-0.2, -0.15) is 0 Å². The SMILES string of the molecule is CC(C)CCCCNc1c(NCCONC(=O)CN2CCN(CC(=O)O)CCN(CC(=O)O)CCN(CC(=O)O)CC2)c(=O)c1=O. The second-order valence-corrected chi connectivity index (χ2v) is 11.8. The molecule has 0 radical (unpaired) electrons. The number of hydrogen-bond donors (Lipinski definition) is 6. The summed E-state index contributed by atoms with van der Waals surface area (Å²) in [5.41, 5.74) is 1.64.